The number of aryl methyl sites for hydroxylation is 1. The van der Waals surface area contributed by atoms with Crippen molar-refractivity contribution in [3.8, 4) is 0 Å². The standard InChI is InChI=1S/C29H23NO7S/c1-20-7-17-26(18-8-20)38(35,36)19-21-9-11-24(12-10-21)29(32)37-28(27(31)22-5-3-2-4-6-22)23-13-15-25(16-14-23)30(33)34/h2-18,28H,19H2,1H3/t28-/m1/s1. The molecule has 0 amide bonds. The third-order valence-corrected chi connectivity index (χ3v) is 7.56. The van der Waals surface area contributed by atoms with Gasteiger partial charge in [-0.15, -0.1) is 0 Å². The second-order valence-electron chi connectivity index (χ2n) is 8.63. The molecule has 0 fully saturated rings. The van der Waals surface area contributed by atoms with Gasteiger partial charge in [-0.3, -0.25) is 14.9 Å². The number of benzene rings is 4. The molecule has 0 aliphatic rings. The number of esters is 1. The Bertz CT molecular complexity index is 1560. The van der Waals surface area contributed by atoms with Crippen molar-refractivity contribution in [1.82, 2.24) is 0 Å². The summed E-state index contributed by atoms with van der Waals surface area (Å²) in [5.74, 6) is -1.54. The number of ketones is 1. The van der Waals surface area contributed by atoms with Gasteiger partial charge in [0.25, 0.3) is 5.69 Å². The average molecular weight is 530 g/mol. The smallest absolute Gasteiger partial charge is 0.339 e. The molecule has 0 aromatic heterocycles. The molecule has 0 spiro atoms. The highest BCUT2D eigenvalue weighted by atomic mass is 32.2. The first-order chi connectivity index (χ1) is 18.1. The number of Topliss-reactive ketones (excluding diaryl/α,β-unsaturated/α-hetero) is 1. The highest BCUT2D eigenvalue weighted by Crippen LogP contribution is 2.26. The molecule has 0 bridgehead atoms. The number of hydrogen-bond donors (Lipinski definition) is 0. The lowest BCUT2D eigenvalue weighted by Crippen LogP contribution is -2.20. The molecule has 4 rings (SSSR count). The number of carbonyl (C=O) groups is 2. The van der Waals surface area contributed by atoms with E-state index < -0.39 is 32.6 Å². The lowest BCUT2D eigenvalue weighted by atomic mass is 9.99. The molecular formula is C29H23NO7S. The van der Waals surface area contributed by atoms with Crippen molar-refractivity contribution in [2.75, 3.05) is 0 Å². The summed E-state index contributed by atoms with van der Waals surface area (Å²) >= 11 is 0. The number of ether oxygens (including phenoxy) is 1. The normalized spacial score (nSPS) is 11.9. The van der Waals surface area contributed by atoms with Gasteiger partial charge in [-0.05, 0) is 48.9 Å². The fraction of sp³-hybridized carbons (Fsp3) is 0.103. The number of non-ortho nitro benzene ring substituents is 1. The van der Waals surface area contributed by atoms with Crippen LogP contribution in [0.1, 0.15) is 43.5 Å². The van der Waals surface area contributed by atoms with Gasteiger partial charge in [-0.25, -0.2) is 13.2 Å². The Morgan fingerprint density at radius 3 is 2.00 bits per heavy atom. The molecule has 0 radical (unpaired) electrons. The first kappa shape index (κ1) is 26.4. The Morgan fingerprint density at radius 2 is 1.42 bits per heavy atom. The summed E-state index contributed by atoms with van der Waals surface area (Å²) in [6.45, 7) is 1.87. The molecule has 38 heavy (non-hydrogen) atoms. The number of rotatable bonds is 9. The van der Waals surface area contributed by atoms with Crippen LogP contribution in [0.2, 0.25) is 0 Å². The molecule has 8 nitrogen and oxygen atoms in total. The lowest BCUT2D eigenvalue weighted by Gasteiger charge is -2.17. The van der Waals surface area contributed by atoms with Crippen LogP contribution in [-0.2, 0) is 20.3 Å². The minimum absolute atomic E-state index is 0.120. The van der Waals surface area contributed by atoms with E-state index in [4.69, 9.17) is 4.74 Å². The third kappa shape index (κ3) is 6.19. The Hall–Kier alpha value is -4.63. The van der Waals surface area contributed by atoms with Gasteiger partial charge in [0, 0.05) is 23.3 Å². The summed E-state index contributed by atoms with van der Waals surface area (Å²) in [4.78, 5) is 36.9. The number of nitro benzene ring substituents is 1. The highest BCUT2D eigenvalue weighted by molar-refractivity contribution is 7.90. The van der Waals surface area contributed by atoms with E-state index >= 15 is 0 Å². The Balaban J connectivity index is 1.55. The number of sulfone groups is 1. The quantitative estimate of drug-likeness (QED) is 0.119. The van der Waals surface area contributed by atoms with Gasteiger partial charge in [-0.2, -0.15) is 0 Å². The molecule has 4 aromatic carbocycles. The van der Waals surface area contributed by atoms with E-state index in [1.165, 1.54) is 48.5 Å². The zero-order valence-corrected chi connectivity index (χ0v) is 21.1. The summed E-state index contributed by atoms with van der Waals surface area (Å²) in [6, 6.07) is 25.9. The number of nitrogens with zero attached hydrogens (tertiary/aromatic N) is 1. The summed E-state index contributed by atoms with van der Waals surface area (Å²) in [7, 11) is -3.58. The molecule has 0 heterocycles. The van der Waals surface area contributed by atoms with Gasteiger partial charge in [-0.1, -0.05) is 60.2 Å². The van der Waals surface area contributed by atoms with Crippen LogP contribution < -0.4 is 0 Å². The average Bonchev–Trinajstić information content (AvgIpc) is 2.92. The van der Waals surface area contributed by atoms with Gasteiger partial charge in [0.15, 0.2) is 15.9 Å². The number of nitro groups is 1. The monoisotopic (exact) mass is 529 g/mol. The maximum atomic E-state index is 13.2. The maximum Gasteiger partial charge on any atom is 0.339 e. The van der Waals surface area contributed by atoms with E-state index in [-0.39, 0.29) is 27.5 Å². The van der Waals surface area contributed by atoms with Crippen molar-refractivity contribution in [3.63, 3.8) is 0 Å². The van der Waals surface area contributed by atoms with Crippen LogP contribution in [0.25, 0.3) is 0 Å². The van der Waals surface area contributed by atoms with Crippen molar-refractivity contribution < 1.29 is 27.7 Å². The van der Waals surface area contributed by atoms with Crippen molar-refractivity contribution >= 4 is 27.3 Å². The minimum Gasteiger partial charge on any atom is -0.445 e. The predicted molar refractivity (Wildman–Crippen MR) is 141 cm³/mol. The van der Waals surface area contributed by atoms with Crippen LogP contribution in [0.3, 0.4) is 0 Å². The fourth-order valence-corrected chi connectivity index (χ4v) is 5.11. The van der Waals surface area contributed by atoms with E-state index in [2.05, 4.69) is 0 Å². The second kappa shape index (κ2) is 11.2. The third-order valence-electron chi connectivity index (χ3n) is 5.85. The SMILES string of the molecule is Cc1ccc(S(=O)(=O)Cc2ccc(C(=O)O[C@@H](C(=O)c3ccccc3)c3ccc([N+](=O)[O-])cc3)cc2)cc1. The summed E-state index contributed by atoms with van der Waals surface area (Å²) in [5, 5.41) is 11.0. The predicted octanol–water partition coefficient (Wildman–Crippen LogP) is 5.66. The van der Waals surface area contributed by atoms with E-state index in [1.54, 1.807) is 54.6 Å². The second-order valence-corrected chi connectivity index (χ2v) is 10.6. The van der Waals surface area contributed by atoms with Crippen LogP contribution in [-0.4, -0.2) is 25.1 Å². The first-order valence-electron chi connectivity index (χ1n) is 11.6. The van der Waals surface area contributed by atoms with Crippen molar-refractivity contribution in [3.05, 3.63) is 141 Å². The van der Waals surface area contributed by atoms with E-state index in [0.29, 0.717) is 11.1 Å². The van der Waals surface area contributed by atoms with Crippen molar-refractivity contribution in [2.45, 2.75) is 23.7 Å². The summed E-state index contributed by atoms with van der Waals surface area (Å²) < 4.78 is 31.1. The Labute approximate surface area is 219 Å². The van der Waals surface area contributed by atoms with E-state index in [9.17, 15) is 28.1 Å². The van der Waals surface area contributed by atoms with Crippen LogP contribution in [0, 0.1) is 17.0 Å². The summed E-state index contributed by atoms with van der Waals surface area (Å²) in [5.41, 5.74) is 1.97. The molecule has 1 atom stereocenters. The van der Waals surface area contributed by atoms with Crippen LogP contribution in [0.5, 0.6) is 0 Å². The molecule has 0 saturated carbocycles. The van der Waals surface area contributed by atoms with Crippen LogP contribution >= 0.6 is 0 Å². The van der Waals surface area contributed by atoms with Gasteiger partial charge in [0.1, 0.15) is 0 Å². The Kier molecular flexibility index (Phi) is 7.78. The van der Waals surface area contributed by atoms with E-state index in [0.717, 1.165) is 5.56 Å². The fourth-order valence-electron chi connectivity index (χ4n) is 3.76. The zero-order chi connectivity index (χ0) is 27.3. The van der Waals surface area contributed by atoms with Gasteiger partial charge in [0.2, 0.25) is 5.78 Å². The number of carbonyl (C=O) groups excluding carboxylic acids is 2. The lowest BCUT2D eigenvalue weighted by molar-refractivity contribution is -0.384. The minimum atomic E-state index is -3.58. The largest absolute Gasteiger partial charge is 0.445 e. The molecule has 0 saturated heterocycles. The molecule has 0 unspecified atom stereocenters. The molecule has 0 aliphatic carbocycles. The van der Waals surface area contributed by atoms with Crippen LogP contribution in [0.15, 0.2) is 108 Å². The molecule has 4 aromatic rings. The molecule has 0 N–H and O–H groups in total. The van der Waals surface area contributed by atoms with Crippen molar-refractivity contribution in [2.24, 2.45) is 0 Å². The topological polar surface area (TPSA) is 121 Å². The first-order valence-corrected chi connectivity index (χ1v) is 13.2. The highest BCUT2D eigenvalue weighted by Gasteiger charge is 2.27. The zero-order valence-electron chi connectivity index (χ0n) is 20.3. The maximum absolute atomic E-state index is 13.2. The Morgan fingerprint density at radius 1 is 0.816 bits per heavy atom. The molecule has 0 aliphatic heterocycles. The summed E-state index contributed by atoms with van der Waals surface area (Å²) in [6.07, 6.45) is -1.34. The molecule has 192 valence electrons. The van der Waals surface area contributed by atoms with Gasteiger partial charge < -0.3 is 4.74 Å². The van der Waals surface area contributed by atoms with E-state index in [1.807, 2.05) is 6.92 Å². The number of hydrogen-bond acceptors (Lipinski definition) is 7. The molecular weight excluding hydrogens is 506 g/mol. The van der Waals surface area contributed by atoms with Crippen molar-refractivity contribution in [1.29, 1.82) is 0 Å². The molecule has 9 heteroatoms. The van der Waals surface area contributed by atoms with Crippen LogP contribution in [0.4, 0.5) is 5.69 Å². The van der Waals surface area contributed by atoms with Gasteiger partial charge >= 0.3 is 5.97 Å². The van der Waals surface area contributed by atoms with Gasteiger partial charge in [0.05, 0.1) is 21.1 Å².